The molecular weight excluding hydrogens is 440 g/mol. The second kappa shape index (κ2) is 8.93. The molecule has 0 bridgehead atoms. The van der Waals surface area contributed by atoms with Crippen molar-refractivity contribution in [3.8, 4) is 0 Å². The zero-order chi connectivity index (χ0) is 25.5. The van der Waals surface area contributed by atoms with Crippen LogP contribution in [0.25, 0.3) is 0 Å². The van der Waals surface area contributed by atoms with E-state index >= 15 is 0 Å². The maximum absolute atomic E-state index is 11.5. The van der Waals surface area contributed by atoms with E-state index in [4.69, 9.17) is 9.47 Å². The molecule has 4 aliphatic carbocycles. The Labute approximate surface area is 213 Å². The molecule has 0 aromatic carbocycles. The Balaban J connectivity index is 1.36. The summed E-state index contributed by atoms with van der Waals surface area (Å²) in [4.78, 5) is 0. The van der Waals surface area contributed by atoms with E-state index in [0.29, 0.717) is 29.6 Å². The fraction of sp³-hybridized carbons (Fsp3) is 1.00. The smallest absolute Gasteiger partial charge is 0.163 e. The van der Waals surface area contributed by atoms with Gasteiger partial charge in [0.1, 0.15) is 0 Å². The van der Waals surface area contributed by atoms with Gasteiger partial charge in [0.2, 0.25) is 0 Å². The van der Waals surface area contributed by atoms with E-state index in [1.54, 1.807) is 0 Å². The predicted molar refractivity (Wildman–Crippen MR) is 136 cm³/mol. The minimum atomic E-state index is -0.546. The van der Waals surface area contributed by atoms with Crippen molar-refractivity contribution in [2.75, 3.05) is 0 Å². The molecule has 5 fully saturated rings. The number of hydrogen-bond acceptors (Lipinski definition) is 5. The molecule has 3 N–H and O–H groups in total. The van der Waals surface area contributed by atoms with Crippen LogP contribution in [0.15, 0.2) is 0 Å². The van der Waals surface area contributed by atoms with Crippen LogP contribution >= 0.6 is 0 Å². The summed E-state index contributed by atoms with van der Waals surface area (Å²) in [7, 11) is 0. The fourth-order valence-electron chi connectivity index (χ4n) is 10.5. The van der Waals surface area contributed by atoms with Crippen LogP contribution in [0, 0.1) is 52.3 Å². The monoisotopic (exact) mass is 492 g/mol. The third kappa shape index (κ3) is 4.24. The fourth-order valence-corrected chi connectivity index (χ4v) is 10.5. The molecule has 5 rings (SSSR count). The molecule has 4 saturated carbocycles. The highest BCUT2D eigenvalue weighted by molar-refractivity contribution is 5.13. The molecule has 13 atom stereocenters. The molecule has 3 unspecified atom stereocenters. The summed E-state index contributed by atoms with van der Waals surface area (Å²) in [5.41, 5.74) is 0.210. The summed E-state index contributed by atoms with van der Waals surface area (Å²) in [5, 5.41) is 33.2. The molecule has 5 heteroatoms. The lowest BCUT2D eigenvalue weighted by atomic mass is 9.43. The minimum absolute atomic E-state index is 0.0658. The molecular formula is C30H52O5. The molecule has 0 spiro atoms. The Morgan fingerprint density at radius 2 is 1.46 bits per heavy atom. The molecule has 0 radical (unpaired) electrons. The summed E-state index contributed by atoms with van der Waals surface area (Å²) in [6.45, 7) is 15.6. The zero-order valence-electron chi connectivity index (χ0n) is 23.2. The van der Waals surface area contributed by atoms with E-state index in [2.05, 4.69) is 34.6 Å². The van der Waals surface area contributed by atoms with Gasteiger partial charge in [-0.3, -0.25) is 0 Å². The normalized spacial score (nSPS) is 54.3. The number of aliphatic hydroxyl groups is 3. The van der Waals surface area contributed by atoms with Crippen LogP contribution in [-0.4, -0.2) is 51.6 Å². The third-order valence-corrected chi connectivity index (χ3v) is 11.9. The highest BCUT2D eigenvalue weighted by Gasteiger charge is 2.64. The van der Waals surface area contributed by atoms with Crippen molar-refractivity contribution in [1.82, 2.24) is 0 Å². The van der Waals surface area contributed by atoms with Crippen molar-refractivity contribution in [3.05, 3.63) is 0 Å². The van der Waals surface area contributed by atoms with Gasteiger partial charge < -0.3 is 24.8 Å². The summed E-state index contributed by atoms with van der Waals surface area (Å²) in [5.74, 6) is 2.20. The van der Waals surface area contributed by atoms with Crippen molar-refractivity contribution in [2.45, 2.75) is 136 Å². The second-order valence-corrected chi connectivity index (χ2v) is 14.7. The highest BCUT2D eigenvalue weighted by Crippen LogP contribution is 2.68. The van der Waals surface area contributed by atoms with Gasteiger partial charge in [-0.25, -0.2) is 0 Å². The van der Waals surface area contributed by atoms with E-state index in [-0.39, 0.29) is 53.2 Å². The lowest BCUT2D eigenvalue weighted by molar-refractivity contribution is -0.173. The summed E-state index contributed by atoms with van der Waals surface area (Å²) in [6.07, 6.45) is 6.90. The quantitative estimate of drug-likeness (QED) is 0.506. The lowest BCUT2D eigenvalue weighted by Crippen LogP contribution is -2.58. The van der Waals surface area contributed by atoms with Crippen LogP contribution in [0.3, 0.4) is 0 Å². The van der Waals surface area contributed by atoms with Crippen LogP contribution in [0.1, 0.15) is 99.8 Å². The summed E-state index contributed by atoms with van der Waals surface area (Å²) >= 11 is 0. The van der Waals surface area contributed by atoms with Gasteiger partial charge in [0.05, 0.1) is 30.5 Å². The van der Waals surface area contributed by atoms with Crippen LogP contribution < -0.4 is 0 Å². The second-order valence-electron chi connectivity index (χ2n) is 14.7. The van der Waals surface area contributed by atoms with Crippen LogP contribution in [0.2, 0.25) is 0 Å². The average molecular weight is 493 g/mol. The van der Waals surface area contributed by atoms with Gasteiger partial charge >= 0.3 is 0 Å². The van der Waals surface area contributed by atoms with Crippen LogP contribution in [-0.2, 0) is 9.47 Å². The van der Waals surface area contributed by atoms with Gasteiger partial charge in [-0.15, -0.1) is 0 Å². The molecule has 1 heterocycles. The SMILES string of the molecule is CC(C)[C@@H]1OC(C)(C)O[C@@H]1C[C@@H](C)[C@H]1[C@@H](O)CC2C3C[C@@H](O)[C@H]4C[C@@H](O)CC[C@]4(C)C3CC[C@@]21C. The molecule has 202 valence electrons. The first-order chi connectivity index (χ1) is 16.3. The summed E-state index contributed by atoms with van der Waals surface area (Å²) < 4.78 is 12.6. The van der Waals surface area contributed by atoms with Crippen molar-refractivity contribution in [1.29, 1.82) is 0 Å². The largest absolute Gasteiger partial charge is 0.393 e. The Morgan fingerprint density at radius 1 is 0.771 bits per heavy atom. The van der Waals surface area contributed by atoms with Gasteiger partial charge in [0, 0.05) is 0 Å². The number of hydrogen-bond donors (Lipinski definition) is 3. The van der Waals surface area contributed by atoms with Gasteiger partial charge in [0.25, 0.3) is 0 Å². The van der Waals surface area contributed by atoms with Gasteiger partial charge in [-0.05, 0) is 117 Å². The lowest BCUT2D eigenvalue weighted by Gasteiger charge is -2.62. The Bertz CT molecular complexity index is 783. The highest BCUT2D eigenvalue weighted by atomic mass is 16.8. The van der Waals surface area contributed by atoms with E-state index in [1.165, 1.54) is 6.42 Å². The molecule has 0 amide bonds. The number of aliphatic hydroxyl groups excluding tert-OH is 3. The van der Waals surface area contributed by atoms with E-state index in [1.807, 2.05) is 13.8 Å². The average Bonchev–Trinajstić information content (AvgIpc) is 3.21. The molecule has 35 heavy (non-hydrogen) atoms. The van der Waals surface area contributed by atoms with Crippen LogP contribution in [0.5, 0.6) is 0 Å². The van der Waals surface area contributed by atoms with Crippen molar-refractivity contribution in [3.63, 3.8) is 0 Å². The third-order valence-electron chi connectivity index (χ3n) is 11.9. The predicted octanol–water partition coefficient (Wildman–Crippen LogP) is 5.15. The summed E-state index contributed by atoms with van der Waals surface area (Å²) in [6, 6.07) is 0. The molecule has 5 nitrogen and oxygen atoms in total. The first-order valence-corrected chi connectivity index (χ1v) is 14.7. The number of ether oxygens (including phenoxy) is 2. The maximum atomic E-state index is 11.5. The number of fused-ring (bicyclic) bond motifs is 5. The standard InChI is InChI=1S/C30H52O5/c1-16(2)27-25(34-28(4,5)35-27)12-17(3)26-24(33)15-21-19-14-23(32)22-13-18(31)8-10-29(22,6)20(19)9-11-30(21,26)7/h16-27,31-33H,8-15H2,1-7H3/t17-,18+,19?,20?,21?,22-,23-,24+,25-,26+,27+,29-,30+/m1/s1. The topological polar surface area (TPSA) is 79.2 Å². The van der Waals surface area contributed by atoms with Crippen molar-refractivity contribution >= 4 is 0 Å². The van der Waals surface area contributed by atoms with E-state index in [0.717, 1.165) is 44.9 Å². The molecule has 0 aromatic rings. The molecule has 5 aliphatic rings. The number of rotatable bonds is 4. The van der Waals surface area contributed by atoms with E-state index < -0.39 is 5.79 Å². The van der Waals surface area contributed by atoms with Crippen LogP contribution in [0.4, 0.5) is 0 Å². The molecule has 1 aliphatic heterocycles. The zero-order valence-corrected chi connectivity index (χ0v) is 23.2. The Hall–Kier alpha value is -0.200. The first kappa shape index (κ1) is 26.4. The Morgan fingerprint density at radius 3 is 2.14 bits per heavy atom. The molecule has 0 aromatic heterocycles. The van der Waals surface area contributed by atoms with E-state index in [9.17, 15) is 15.3 Å². The van der Waals surface area contributed by atoms with Crippen molar-refractivity contribution in [2.24, 2.45) is 52.3 Å². The van der Waals surface area contributed by atoms with Gasteiger partial charge in [-0.1, -0.05) is 34.6 Å². The minimum Gasteiger partial charge on any atom is -0.393 e. The van der Waals surface area contributed by atoms with Crippen molar-refractivity contribution < 1.29 is 24.8 Å². The van der Waals surface area contributed by atoms with Gasteiger partial charge in [0.15, 0.2) is 5.79 Å². The van der Waals surface area contributed by atoms with Gasteiger partial charge in [-0.2, -0.15) is 0 Å². The molecule has 1 saturated heterocycles. The first-order valence-electron chi connectivity index (χ1n) is 14.7. The maximum Gasteiger partial charge on any atom is 0.163 e. The Kier molecular flexibility index (Phi) is 6.74.